The molecule has 98 valence electrons. The average molecular weight is 273 g/mol. The molecule has 1 aliphatic heterocycles. The predicted molar refractivity (Wildman–Crippen MR) is 80.0 cm³/mol. The van der Waals surface area contributed by atoms with Crippen molar-refractivity contribution in [2.45, 2.75) is 13.8 Å². The van der Waals surface area contributed by atoms with Crippen LogP contribution >= 0.6 is 11.8 Å². The lowest BCUT2D eigenvalue weighted by molar-refractivity contribution is 0.0978. The van der Waals surface area contributed by atoms with Gasteiger partial charge < -0.3 is 10.3 Å². The molecule has 5 heteroatoms. The van der Waals surface area contributed by atoms with Crippen LogP contribution in [0.3, 0.4) is 0 Å². The maximum absolute atomic E-state index is 12.1. The zero-order valence-electron chi connectivity index (χ0n) is 10.9. The van der Waals surface area contributed by atoms with Gasteiger partial charge in [0.05, 0.1) is 6.54 Å². The monoisotopic (exact) mass is 273 g/mol. The molecule has 1 aromatic carbocycles. The van der Waals surface area contributed by atoms with Gasteiger partial charge in [0.1, 0.15) is 0 Å². The van der Waals surface area contributed by atoms with Crippen molar-refractivity contribution in [1.29, 1.82) is 0 Å². The molecular formula is C14H15N3OS. The quantitative estimate of drug-likeness (QED) is 0.839. The highest BCUT2D eigenvalue weighted by Gasteiger charge is 2.14. The minimum absolute atomic E-state index is 0.0895. The highest BCUT2D eigenvalue weighted by atomic mass is 32.2. The Labute approximate surface area is 115 Å². The smallest absolute Gasteiger partial charge is 0.257 e. The lowest BCUT2D eigenvalue weighted by Gasteiger charge is -2.04. The fourth-order valence-corrected chi connectivity index (χ4v) is 2.91. The van der Waals surface area contributed by atoms with Gasteiger partial charge in [0.15, 0.2) is 5.17 Å². The topological polar surface area (TPSA) is 57.2 Å². The van der Waals surface area contributed by atoms with E-state index in [2.05, 4.69) is 22.2 Å². The lowest BCUT2D eigenvalue weighted by Crippen LogP contribution is -2.27. The summed E-state index contributed by atoms with van der Waals surface area (Å²) in [6, 6.07) is 5.73. The van der Waals surface area contributed by atoms with E-state index in [9.17, 15) is 4.79 Å². The number of H-pyrrole nitrogens is 1. The van der Waals surface area contributed by atoms with E-state index in [0.29, 0.717) is 5.56 Å². The molecule has 0 aliphatic carbocycles. The van der Waals surface area contributed by atoms with Gasteiger partial charge in [0, 0.05) is 27.9 Å². The summed E-state index contributed by atoms with van der Waals surface area (Å²) in [6.07, 6.45) is 0. The van der Waals surface area contributed by atoms with E-state index in [1.165, 1.54) is 5.56 Å². The Hall–Kier alpha value is -1.75. The van der Waals surface area contributed by atoms with E-state index in [4.69, 9.17) is 0 Å². The number of carbonyl (C=O) groups excluding carboxylic acids is 1. The van der Waals surface area contributed by atoms with Crippen molar-refractivity contribution >= 4 is 33.7 Å². The molecule has 0 atom stereocenters. The largest absolute Gasteiger partial charge is 0.358 e. The first-order chi connectivity index (χ1) is 9.15. The van der Waals surface area contributed by atoms with E-state index in [-0.39, 0.29) is 5.91 Å². The van der Waals surface area contributed by atoms with Crippen molar-refractivity contribution < 1.29 is 4.79 Å². The maximum Gasteiger partial charge on any atom is 0.257 e. The normalized spacial score (nSPS) is 14.7. The van der Waals surface area contributed by atoms with Crippen LogP contribution in [0.4, 0.5) is 0 Å². The van der Waals surface area contributed by atoms with Gasteiger partial charge in [-0.2, -0.15) is 0 Å². The molecule has 1 aliphatic rings. The van der Waals surface area contributed by atoms with Crippen molar-refractivity contribution in [2.24, 2.45) is 4.99 Å². The number of nitrogens with one attached hydrogen (secondary N) is 2. The summed E-state index contributed by atoms with van der Waals surface area (Å²) in [5.74, 6) is 0.860. The van der Waals surface area contributed by atoms with E-state index < -0.39 is 0 Å². The predicted octanol–water partition coefficient (Wildman–Crippen LogP) is 2.62. The van der Waals surface area contributed by atoms with Gasteiger partial charge >= 0.3 is 0 Å². The van der Waals surface area contributed by atoms with E-state index in [1.54, 1.807) is 11.8 Å². The molecule has 0 radical (unpaired) electrons. The first-order valence-electron chi connectivity index (χ1n) is 6.22. The number of hydrogen-bond donors (Lipinski definition) is 2. The van der Waals surface area contributed by atoms with Gasteiger partial charge in [-0.3, -0.25) is 9.79 Å². The lowest BCUT2D eigenvalue weighted by atomic mass is 10.1. The number of amidine groups is 1. The number of nitrogens with zero attached hydrogens (tertiary/aromatic N) is 1. The first-order valence-corrected chi connectivity index (χ1v) is 7.21. The number of aliphatic imine (C=N–C) groups is 1. The fourth-order valence-electron chi connectivity index (χ4n) is 2.18. The zero-order valence-corrected chi connectivity index (χ0v) is 11.7. The number of benzene rings is 1. The van der Waals surface area contributed by atoms with Crippen LogP contribution in [0, 0.1) is 13.8 Å². The van der Waals surface area contributed by atoms with Crippen LogP contribution in [0.5, 0.6) is 0 Å². The van der Waals surface area contributed by atoms with E-state index in [0.717, 1.165) is 34.1 Å². The molecule has 4 nitrogen and oxygen atoms in total. The second kappa shape index (κ2) is 4.74. The van der Waals surface area contributed by atoms with Gasteiger partial charge in [0.25, 0.3) is 5.91 Å². The Bertz CT molecular complexity index is 687. The van der Waals surface area contributed by atoms with Crippen LogP contribution in [-0.2, 0) is 0 Å². The summed E-state index contributed by atoms with van der Waals surface area (Å²) in [5.41, 5.74) is 4.07. The van der Waals surface area contributed by atoms with Crippen molar-refractivity contribution in [3.8, 4) is 0 Å². The summed E-state index contributed by atoms with van der Waals surface area (Å²) in [4.78, 5) is 19.7. The molecule has 2 N–H and O–H groups in total. The van der Waals surface area contributed by atoms with Crippen molar-refractivity contribution in [3.63, 3.8) is 0 Å². The molecule has 2 heterocycles. The third-order valence-corrected chi connectivity index (χ3v) is 4.27. The van der Waals surface area contributed by atoms with Crippen LogP contribution in [-0.4, -0.2) is 28.4 Å². The molecule has 1 amide bonds. The Morgan fingerprint density at radius 2 is 2.26 bits per heavy atom. The van der Waals surface area contributed by atoms with Crippen LogP contribution in [0.25, 0.3) is 10.9 Å². The molecule has 1 aromatic heterocycles. The summed E-state index contributed by atoms with van der Waals surface area (Å²) in [5, 5.41) is 4.68. The minimum Gasteiger partial charge on any atom is -0.358 e. The number of aromatic nitrogens is 1. The van der Waals surface area contributed by atoms with Crippen molar-refractivity contribution in [3.05, 3.63) is 35.0 Å². The molecule has 2 aromatic rings. The fraction of sp³-hybridized carbons (Fsp3) is 0.286. The van der Waals surface area contributed by atoms with Crippen molar-refractivity contribution in [2.75, 3.05) is 12.3 Å². The maximum atomic E-state index is 12.1. The number of hydrogen-bond acceptors (Lipinski definition) is 3. The third kappa shape index (κ3) is 2.26. The van der Waals surface area contributed by atoms with Gasteiger partial charge in [-0.05, 0) is 37.6 Å². The van der Waals surface area contributed by atoms with E-state index in [1.807, 2.05) is 25.1 Å². The Morgan fingerprint density at radius 1 is 1.42 bits per heavy atom. The van der Waals surface area contributed by atoms with Crippen LogP contribution in [0.1, 0.15) is 21.6 Å². The Kier molecular flexibility index (Phi) is 3.06. The summed E-state index contributed by atoms with van der Waals surface area (Å²) < 4.78 is 0. The number of amides is 1. The highest BCUT2D eigenvalue weighted by Crippen LogP contribution is 2.22. The van der Waals surface area contributed by atoms with Crippen LogP contribution in [0.15, 0.2) is 23.2 Å². The first kappa shape index (κ1) is 12.3. The second-order valence-corrected chi connectivity index (χ2v) is 5.71. The number of aromatic amines is 1. The number of rotatable bonds is 1. The number of fused-ring (bicyclic) bond motifs is 1. The molecule has 0 unspecified atom stereocenters. The molecule has 3 rings (SSSR count). The molecule has 0 spiro atoms. The second-order valence-electron chi connectivity index (χ2n) is 4.62. The van der Waals surface area contributed by atoms with Crippen LogP contribution < -0.4 is 5.32 Å². The molecule has 0 saturated heterocycles. The van der Waals surface area contributed by atoms with E-state index >= 15 is 0 Å². The molecule has 0 fully saturated rings. The van der Waals surface area contributed by atoms with Gasteiger partial charge in [0.2, 0.25) is 0 Å². The van der Waals surface area contributed by atoms with Crippen molar-refractivity contribution in [1.82, 2.24) is 10.3 Å². The number of carbonyl (C=O) groups is 1. The Balaban J connectivity index is 1.91. The zero-order chi connectivity index (χ0) is 13.4. The van der Waals surface area contributed by atoms with Crippen LogP contribution in [0.2, 0.25) is 0 Å². The standard InChI is InChI=1S/C14H15N3OS/c1-8-9(2)16-12-4-3-10(7-11(8)12)13(18)17-14-15-5-6-19-14/h3-4,7,16H,5-6H2,1-2H3,(H,15,17,18). The highest BCUT2D eigenvalue weighted by molar-refractivity contribution is 8.14. The SMILES string of the molecule is Cc1[nH]c2ccc(C(=O)NC3=NCCS3)cc2c1C. The molecule has 0 bridgehead atoms. The molecule has 19 heavy (non-hydrogen) atoms. The third-order valence-electron chi connectivity index (χ3n) is 3.38. The molecule has 0 saturated carbocycles. The summed E-state index contributed by atoms with van der Waals surface area (Å²) in [7, 11) is 0. The number of aryl methyl sites for hydroxylation is 2. The number of thioether (sulfide) groups is 1. The van der Waals surface area contributed by atoms with Gasteiger partial charge in [-0.15, -0.1) is 0 Å². The average Bonchev–Trinajstić information content (AvgIpc) is 2.99. The van der Waals surface area contributed by atoms with Gasteiger partial charge in [-0.1, -0.05) is 11.8 Å². The summed E-state index contributed by atoms with van der Waals surface area (Å²) in [6.45, 7) is 4.89. The summed E-state index contributed by atoms with van der Waals surface area (Å²) >= 11 is 1.59. The Morgan fingerprint density at radius 3 is 3.00 bits per heavy atom. The van der Waals surface area contributed by atoms with Gasteiger partial charge in [-0.25, -0.2) is 0 Å². The minimum atomic E-state index is -0.0895. The molecular weight excluding hydrogens is 258 g/mol.